The molecule has 0 saturated carbocycles. The topological polar surface area (TPSA) is 48.3 Å². The van der Waals surface area contributed by atoms with Crippen LogP contribution in [0.4, 0.5) is 5.69 Å². The van der Waals surface area contributed by atoms with Gasteiger partial charge in [0.25, 0.3) is 0 Å². The van der Waals surface area contributed by atoms with Gasteiger partial charge >= 0.3 is 0 Å². The van der Waals surface area contributed by atoms with Crippen LogP contribution in [0.1, 0.15) is 6.42 Å². The molecule has 0 aliphatic carbocycles. The maximum Gasteiger partial charge on any atom is 0.173 e. The third kappa shape index (κ3) is 4.06. The summed E-state index contributed by atoms with van der Waals surface area (Å²) in [6.07, 6.45) is 0.422. The molecule has 18 heavy (non-hydrogen) atoms. The van der Waals surface area contributed by atoms with Crippen LogP contribution >= 0.6 is 23.8 Å². The fourth-order valence-electron chi connectivity index (χ4n) is 1.31. The predicted molar refractivity (Wildman–Crippen MR) is 77.1 cm³/mol. The van der Waals surface area contributed by atoms with E-state index in [1.54, 1.807) is 30.2 Å². The van der Waals surface area contributed by atoms with E-state index < -0.39 is 0 Å². The summed E-state index contributed by atoms with van der Waals surface area (Å²) in [5.74, 6) is 0.662. The molecule has 96 valence electrons. The molecule has 0 spiro atoms. The molecule has 0 saturated heterocycles. The van der Waals surface area contributed by atoms with Crippen molar-refractivity contribution >= 4 is 34.6 Å². The largest absolute Gasteiger partial charge is 0.495 e. The van der Waals surface area contributed by atoms with Gasteiger partial charge in [0.1, 0.15) is 5.75 Å². The van der Waals surface area contributed by atoms with E-state index in [1.807, 2.05) is 7.05 Å². The summed E-state index contributed by atoms with van der Waals surface area (Å²) in [6, 6.07) is 7.33. The van der Waals surface area contributed by atoms with Gasteiger partial charge in [-0.05, 0) is 30.4 Å². The number of nitrogens with one attached hydrogen (secondary N) is 1. The second-order valence-corrected chi connectivity index (χ2v) is 4.43. The quantitative estimate of drug-likeness (QED) is 0.861. The molecule has 6 heteroatoms. The molecule has 0 aliphatic rings. The van der Waals surface area contributed by atoms with Gasteiger partial charge in [-0.25, -0.2) is 0 Å². The molecule has 0 amide bonds. The minimum absolute atomic E-state index is 0.422. The zero-order chi connectivity index (χ0) is 13.5. The van der Waals surface area contributed by atoms with Crippen LogP contribution in [0.15, 0.2) is 18.2 Å². The van der Waals surface area contributed by atoms with Crippen LogP contribution in [0.2, 0.25) is 5.02 Å². The van der Waals surface area contributed by atoms with Gasteiger partial charge in [-0.3, -0.25) is 0 Å². The van der Waals surface area contributed by atoms with E-state index in [9.17, 15) is 0 Å². The summed E-state index contributed by atoms with van der Waals surface area (Å²) in [4.78, 5) is 1.79. The number of rotatable bonds is 4. The number of hydrogen-bond donors (Lipinski definition) is 1. The van der Waals surface area contributed by atoms with Crippen LogP contribution in [0.5, 0.6) is 5.75 Å². The summed E-state index contributed by atoms with van der Waals surface area (Å²) in [6.45, 7) is 0.575. The van der Waals surface area contributed by atoms with Gasteiger partial charge in [0.05, 0.1) is 25.3 Å². The first kappa shape index (κ1) is 14.6. The van der Waals surface area contributed by atoms with Gasteiger partial charge in [0.15, 0.2) is 5.11 Å². The Kier molecular flexibility index (Phi) is 5.69. The minimum atomic E-state index is 0.422. The van der Waals surface area contributed by atoms with Crippen molar-refractivity contribution in [1.29, 1.82) is 5.26 Å². The Morgan fingerprint density at radius 3 is 2.94 bits per heavy atom. The molecular formula is C12H14ClN3OS. The van der Waals surface area contributed by atoms with E-state index >= 15 is 0 Å². The summed E-state index contributed by atoms with van der Waals surface area (Å²) in [5, 5.41) is 12.7. The normalized spacial score (nSPS) is 9.44. The van der Waals surface area contributed by atoms with Crippen LogP contribution in [0, 0.1) is 11.3 Å². The Morgan fingerprint density at radius 2 is 2.33 bits per heavy atom. The minimum Gasteiger partial charge on any atom is -0.495 e. The number of methoxy groups -OCH3 is 1. The van der Waals surface area contributed by atoms with Crippen LogP contribution in [-0.2, 0) is 0 Å². The number of hydrogen-bond acceptors (Lipinski definition) is 3. The van der Waals surface area contributed by atoms with Gasteiger partial charge in [-0.15, -0.1) is 0 Å². The van der Waals surface area contributed by atoms with Crippen molar-refractivity contribution in [2.45, 2.75) is 6.42 Å². The Bertz CT molecular complexity index is 473. The second-order valence-electron chi connectivity index (χ2n) is 3.60. The average Bonchev–Trinajstić information content (AvgIpc) is 2.36. The van der Waals surface area contributed by atoms with Crippen molar-refractivity contribution in [3.8, 4) is 11.8 Å². The first-order valence-corrected chi connectivity index (χ1v) is 6.09. The Labute approximate surface area is 117 Å². The van der Waals surface area contributed by atoms with Crippen molar-refractivity contribution in [1.82, 2.24) is 4.90 Å². The highest BCUT2D eigenvalue weighted by atomic mass is 35.5. The molecule has 1 aromatic rings. The molecule has 0 heterocycles. The van der Waals surface area contributed by atoms with E-state index in [1.165, 1.54) is 0 Å². The molecule has 1 N–H and O–H groups in total. The molecule has 0 fully saturated rings. The number of thiocarbonyl (C=S) groups is 1. The highest BCUT2D eigenvalue weighted by Gasteiger charge is 2.08. The predicted octanol–water partition coefficient (Wildman–Crippen LogP) is 2.89. The maximum absolute atomic E-state index is 8.53. The van der Waals surface area contributed by atoms with Crippen LogP contribution in [-0.4, -0.2) is 30.7 Å². The lowest BCUT2D eigenvalue weighted by molar-refractivity contribution is 0.416. The fraction of sp³-hybridized carbons (Fsp3) is 0.333. The number of nitrogens with zero attached hydrogens (tertiary/aromatic N) is 2. The molecule has 4 nitrogen and oxygen atoms in total. The fourth-order valence-corrected chi connectivity index (χ4v) is 1.68. The average molecular weight is 284 g/mol. The second kappa shape index (κ2) is 7.04. The standard InChI is InChI=1S/C12H14ClN3OS/c1-16(7-3-6-14)12(18)15-10-8-9(13)4-5-11(10)17-2/h4-5,8H,3,7H2,1-2H3,(H,15,18). The molecule has 1 rings (SSSR count). The summed E-state index contributed by atoms with van der Waals surface area (Å²) in [7, 11) is 3.40. The zero-order valence-corrected chi connectivity index (χ0v) is 11.8. The number of benzene rings is 1. The summed E-state index contributed by atoms with van der Waals surface area (Å²) < 4.78 is 5.21. The van der Waals surface area contributed by atoms with Crippen molar-refractivity contribution in [2.24, 2.45) is 0 Å². The number of nitriles is 1. The Balaban J connectivity index is 2.75. The first-order valence-electron chi connectivity index (χ1n) is 5.31. The highest BCUT2D eigenvalue weighted by Crippen LogP contribution is 2.27. The third-order valence-corrected chi connectivity index (χ3v) is 2.96. The van der Waals surface area contributed by atoms with Gasteiger partial charge in [-0.1, -0.05) is 11.6 Å². The molecule has 0 aromatic heterocycles. The van der Waals surface area contributed by atoms with Gasteiger partial charge < -0.3 is 15.0 Å². The summed E-state index contributed by atoms with van der Waals surface area (Å²) in [5.41, 5.74) is 0.707. The summed E-state index contributed by atoms with van der Waals surface area (Å²) >= 11 is 11.2. The molecule has 0 radical (unpaired) electrons. The van der Waals surface area contributed by atoms with Gasteiger partial charge in [0, 0.05) is 18.6 Å². The lowest BCUT2D eigenvalue weighted by atomic mass is 10.3. The van der Waals surface area contributed by atoms with Gasteiger partial charge in [0.2, 0.25) is 0 Å². The van der Waals surface area contributed by atoms with E-state index in [0.717, 1.165) is 0 Å². The lowest BCUT2D eigenvalue weighted by Crippen LogP contribution is -2.31. The molecular weight excluding hydrogens is 270 g/mol. The number of halogens is 1. The zero-order valence-electron chi connectivity index (χ0n) is 10.2. The van der Waals surface area contributed by atoms with Crippen molar-refractivity contribution in [2.75, 3.05) is 26.0 Å². The highest BCUT2D eigenvalue weighted by molar-refractivity contribution is 7.80. The van der Waals surface area contributed by atoms with E-state index in [2.05, 4.69) is 11.4 Å². The molecule has 0 unspecified atom stereocenters. The molecule has 0 atom stereocenters. The van der Waals surface area contributed by atoms with E-state index in [-0.39, 0.29) is 0 Å². The van der Waals surface area contributed by atoms with Crippen molar-refractivity contribution < 1.29 is 4.74 Å². The number of ether oxygens (including phenoxy) is 1. The van der Waals surface area contributed by atoms with Crippen molar-refractivity contribution in [3.63, 3.8) is 0 Å². The molecule has 0 bridgehead atoms. The van der Waals surface area contributed by atoms with Gasteiger partial charge in [-0.2, -0.15) is 5.26 Å². The van der Waals surface area contributed by atoms with Crippen LogP contribution in [0.3, 0.4) is 0 Å². The lowest BCUT2D eigenvalue weighted by Gasteiger charge is -2.20. The monoisotopic (exact) mass is 283 g/mol. The van der Waals surface area contributed by atoms with E-state index in [0.29, 0.717) is 34.5 Å². The Hall–Kier alpha value is -1.51. The Morgan fingerprint density at radius 1 is 1.61 bits per heavy atom. The molecule has 0 aliphatic heterocycles. The van der Waals surface area contributed by atoms with E-state index in [4.69, 9.17) is 33.8 Å². The third-order valence-electron chi connectivity index (χ3n) is 2.31. The SMILES string of the molecule is COc1ccc(Cl)cc1NC(=S)N(C)CCC#N. The first-order chi connectivity index (χ1) is 8.58. The van der Waals surface area contributed by atoms with Crippen LogP contribution in [0.25, 0.3) is 0 Å². The number of anilines is 1. The molecule has 1 aromatic carbocycles. The maximum atomic E-state index is 8.53. The van der Waals surface area contributed by atoms with Crippen LogP contribution < -0.4 is 10.1 Å². The smallest absolute Gasteiger partial charge is 0.173 e. The van der Waals surface area contributed by atoms with Crippen molar-refractivity contribution in [3.05, 3.63) is 23.2 Å².